The summed E-state index contributed by atoms with van der Waals surface area (Å²) < 4.78 is 0. The predicted molar refractivity (Wildman–Crippen MR) is 81.0 cm³/mol. The second-order valence-electron chi connectivity index (χ2n) is 5.87. The highest BCUT2D eigenvalue weighted by atomic mass is 16.3. The van der Waals surface area contributed by atoms with Gasteiger partial charge in [-0.2, -0.15) is 0 Å². The Balaban J connectivity index is 1.92. The maximum atomic E-state index is 12.0. The third kappa shape index (κ3) is 4.56. The van der Waals surface area contributed by atoms with Gasteiger partial charge in [-0.25, -0.2) is 0 Å². The summed E-state index contributed by atoms with van der Waals surface area (Å²) in [5.74, 6) is -0.0156. The largest absolute Gasteiger partial charge is 0.391 e. The standard InChI is InChI=1S/C16H22N2O3/c1-10(2)14(19)9-17-15(20)12-4-3-5-13(8-12)18-16(21)11-6-7-11/h3-5,8,10-11,14,19H,6-7,9H2,1-2H3,(H,17,20)(H,18,21). The van der Waals surface area contributed by atoms with Crippen molar-refractivity contribution in [2.75, 3.05) is 11.9 Å². The van der Waals surface area contributed by atoms with Gasteiger partial charge in [0.1, 0.15) is 0 Å². The minimum absolute atomic E-state index is 0.0165. The molecule has 1 aromatic rings. The summed E-state index contributed by atoms with van der Waals surface area (Å²) in [5, 5.41) is 15.2. The van der Waals surface area contributed by atoms with Gasteiger partial charge in [0.25, 0.3) is 5.91 Å². The second-order valence-corrected chi connectivity index (χ2v) is 5.87. The van der Waals surface area contributed by atoms with E-state index in [1.54, 1.807) is 24.3 Å². The van der Waals surface area contributed by atoms with Gasteiger partial charge < -0.3 is 15.7 Å². The average molecular weight is 290 g/mol. The molecule has 2 rings (SSSR count). The smallest absolute Gasteiger partial charge is 0.251 e. The van der Waals surface area contributed by atoms with E-state index in [9.17, 15) is 14.7 Å². The van der Waals surface area contributed by atoms with Gasteiger partial charge >= 0.3 is 0 Å². The Morgan fingerprint density at radius 1 is 1.33 bits per heavy atom. The van der Waals surface area contributed by atoms with Crippen LogP contribution in [-0.4, -0.2) is 29.6 Å². The van der Waals surface area contributed by atoms with Crippen molar-refractivity contribution in [1.29, 1.82) is 0 Å². The van der Waals surface area contributed by atoms with Gasteiger partial charge in [-0.05, 0) is 37.0 Å². The van der Waals surface area contributed by atoms with Crippen molar-refractivity contribution >= 4 is 17.5 Å². The molecule has 0 saturated heterocycles. The molecular weight excluding hydrogens is 268 g/mol. The monoisotopic (exact) mass is 290 g/mol. The number of carbonyl (C=O) groups is 2. The molecule has 5 heteroatoms. The zero-order chi connectivity index (χ0) is 15.4. The Hall–Kier alpha value is -1.88. The van der Waals surface area contributed by atoms with Crippen molar-refractivity contribution in [3.05, 3.63) is 29.8 Å². The summed E-state index contributed by atoms with van der Waals surface area (Å²) in [4.78, 5) is 23.7. The molecule has 1 aromatic carbocycles. The van der Waals surface area contributed by atoms with E-state index in [1.165, 1.54) is 0 Å². The minimum Gasteiger partial charge on any atom is -0.391 e. The van der Waals surface area contributed by atoms with Gasteiger partial charge in [-0.1, -0.05) is 19.9 Å². The first-order chi connectivity index (χ1) is 9.97. The van der Waals surface area contributed by atoms with E-state index in [-0.39, 0.29) is 30.2 Å². The number of aliphatic hydroxyl groups excluding tert-OH is 1. The van der Waals surface area contributed by atoms with Crippen LogP contribution in [0.3, 0.4) is 0 Å². The fourth-order valence-corrected chi connectivity index (χ4v) is 1.86. The normalized spacial score (nSPS) is 15.6. The number of nitrogens with one attached hydrogen (secondary N) is 2. The van der Waals surface area contributed by atoms with Crippen molar-refractivity contribution in [3.63, 3.8) is 0 Å². The lowest BCUT2D eigenvalue weighted by atomic mass is 10.1. The highest BCUT2D eigenvalue weighted by molar-refractivity contribution is 5.98. The first-order valence-electron chi connectivity index (χ1n) is 7.34. The highest BCUT2D eigenvalue weighted by Gasteiger charge is 2.29. The maximum absolute atomic E-state index is 12.0. The molecule has 21 heavy (non-hydrogen) atoms. The summed E-state index contributed by atoms with van der Waals surface area (Å²) in [6.45, 7) is 4.00. The molecule has 0 aliphatic heterocycles. The van der Waals surface area contributed by atoms with Crippen LogP contribution >= 0.6 is 0 Å². The first kappa shape index (κ1) is 15.5. The van der Waals surface area contributed by atoms with E-state index in [0.717, 1.165) is 12.8 Å². The molecule has 1 saturated carbocycles. The van der Waals surface area contributed by atoms with Crippen molar-refractivity contribution < 1.29 is 14.7 Å². The lowest BCUT2D eigenvalue weighted by Crippen LogP contribution is -2.34. The van der Waals surface area contributed by atoms with Crippen LogP contribution < -0.4 is 10.6 Å². The number of hydrogen-bond donors (Lipinski definition) is 3. The van der Waals surface area contributed by atoms with Crippen LogP contribution in [-0.2, 0) is 4.79 Å². The summed E-state index contributed by atoms with van der Waals surface area (Å²) in [7, 11) is 0. The van der Waals surface area contributed by atoms with Crippen molar-refractivity contribution in [1.82, 2.24) is 5.32 Å². The number of anilines is 1. The highest BCUT2D eigenvalue weighted by Crippen LogP contribution is 2.30. The Morgan fingerprint density at radius 3 is 2.67 bits per heavy atom. The van der Waals surface area contributed by atoms with Crippen LogP contribution in [0.2, 0.25) is 0 Å². The van der Waals surface area contributed by atoms with Crippen LogP contribution in [0.4, 0.5) is 5.69 Å². The van der Waals surface area contributed by atoms with E-state index in [0.29, 0.717) is 11.3 Å². The molecule has 0 aromatic heterocycles. The lowest BCUT2D eigenvalue weighted by Gasteiger charge is -2.15. The van der Waals surface area contributed by atoms with E-state index in [1.807, 2.05) is 13.8 Å². The molecule has 2 amide bonds. The summed E-state index contributed by atoms with van der Waals surface area (Å²) in [6.07, 6.45) is 1.32. The zero-order valence-electron chi connectivity index (χ0n) is 12.4. The van der Waals surface area contributed by atoms with Crippen LogP contribution in [0.15, 0.2) is 24.3 Å². The van der Waals surface area contributed by atoms with Gasteiger partial charge in [-0.3, -0.25) is 9.59 Å². The predicted octanol–water partition coefficient (Wildman–Crippen LogP) is 1.78. The minimum atomic E-state index is -0.563. The van der Waals surface area contributed by atoms with E-state index < -0.39 is 6.10 Å². The second kappa shape index (κ2) is 6.72. The molecule has 3 N–H and O–H groups in total. The molecule has 1 aliphatic carbocycles. The molecule has 114 valence electrons. The third-order valence-corrected chi connectivity index (χ3v) is 3.58. The Morgan fingerprint density at radius 2 is 2.05 bits per heavy atom. The van der Waals surface area contributed by atoms with E-state index >= 15 is 0 Å². The molecular formula is C16H22N2O3. The summed E-state index contributed by atoms with van der Waals surface area (Å²) in [5.41, 5.74) is 1.10. The Labute approximate surface area is 124 Å². The van der Waals surface area contributed by atoms with Crippen LogP contribution in [0.25, 0.3) is 0 Å². The van der Waals surface area contributed by atoms with Gasteiger partial charge in [0.2, 0.25) is 5.91 Å². The molecule has 0 radical (unpaired) electrons. The number of amides is 2. The van der Waals surface area contributed by atoms with E-state index in [2.05, 4.69) is 10.6 Å². The van der Waals surface area contributed by atoms with Crippen LogP contribution in [0.5, 0.6) is 0 Å². The number of hydrogen-bond acceptors (Lipinski definition) is 3. The van der Waals surface area contributed by atoms with Crippen molar-refractivity contribution in [2.45, 2.75) is 32.8 Å². The Bertz CT molecular complexity index is 524. The van der Waals surface area contributed by atoms with E-state index in [4.69, 9.17) is 0 Å². The van der Waals surface area contributed by atoms with Crippen LogP contribution in [0.1, 0.15) is 37.0 Å². The van der Waals surface area contributed by atoms with Crippen molar-refractivity contribution in [3.8, 4) is 0 Å². The first-order valence-corrected chi connectivity index (χ1v) is 7.34. The number of carbonyl (C=O) groups excluding carboxylic acids is 2. The topological polar surface area (TPSA) is 78.4 Å². The average Bonchev–Trinajstić information content (AvgIpc) is 3.29. The molecule has 1 atom stereocenters. The SMILES string of the molecule is CC(C)C(O)CNC(=O)c1cccc(NC(=O)C2CC2)c1. The number of aliphatic hydroxyl groups is 1. The third-order valence-electron chi connectivity index (χ3n) is 3.58. The quantitative estimate of drug-likeness (QED) is 0.747. The van der Waals surface area contributed by atoms with Gasteiger partial charge in [0.15, 0.2) is 0 Å². The van der Waals surface area contributed by atoms with Gasteiger partial charge in [-0.15, -0.1) is 0 Å². The van der Waals surface area contributed by atoms with Gasteiger partial charge in [0.05, 0.1) is 6.10 Å². The van der Waals surface area contributed by atoms with Crippen molar-refractivity contribution in [2.24, 2.45) is 11.8 Å². The van der Waals surface area contributed by atoms with Crippen LogP contribution in [0, 0.1) is 11.8 Å². The number of benzene rings is 1. The van der Waals surface area contributed by atoms with Gasteiger partial charge in [0, 0.05) is 23.7 Å². The molecule has 5 nitrogen and oxygen atoms in total. The fraction of sp³-hybridized carbons (Fsp3) is 0.500. The number of rotatable bonds is 6. The maximum Gasteiger partial charge on any atom is 0.251 e. The molecule has 1 unspecified atom stereocenters. The molecule has 1 aliphatic rings. The summed E-state index contributed by atoms with van der Waals surface area (Å²) in [6, 6.07) is 6.83. The molecule has 1 fully saturated rings. The zero-order valence-corrected chi connectivity index (χ0v) is 12.4. The molecule has 0 spiro atoms. The lowest BCUT2D eigenvalue weighted by molar-refractivity contribution is -0.117. The molecule has 0 bridgehead atoms. The summed E-state index contributed by atoms with van der Waals surface area (Å²) >= 11 is 0. The Kier molecular flexibility index (Phi) is 4.96. The molecule has 0 heterocycles. The fourth-order valence-electron chi connectivity index (χ4n) is 1.86.